The number of amides is 1. The molecule has 1 N–H and O–H groups in total. The smallest absolute Gasteiger partial charge is 0.234 e. The van der Waals surface area contributed by atoms with Gasteiger partial charge in [0.15, 0.2) is 0 Å². The summed E-state index contributed by atoms with van der Waals surface area (Å²) in [4.78, 5) is 17.9. The number of carbonyl (C=O) groups is 1. The van der Waals surface area contributed by atoms with Crippen molar-refractivity contribution in [2.45, 2.75) is 11.9 Å². The first-order valence-corrected chi connectivity index (χ1v) is 12.0. The maximum Gasteiger partial charge on any atom is 0.234 e. The van der Waals surface area contributed by atoms with Crippen LogP contribution < -0.4 is 14.8 Å². The van der Waals surface area contributed by atoms with Gasteiger partial charge in [-0.1, -0.05) is 11.8 Å². The van der Waals surface area contributed by atoms with Crippen molar-refractivity contribution >= 4 is 34.7 Å². The Morgan fingerprint density at radius 3 is 2.53 bits per heavy atom. The second-order valence-electron chi connectivity index (χ2n) is 7.10. The molecule has 4 rings (SSSR count). The predicted octanol–water partition coefficient (Wildman–Crippen LogP) is 5.46. The van der Waals surface area contributed by atoms with Gasteiger partial charge in [0.05, 0.1) is 36.2 Å². The van der Waals surface area contributed by atoms with Gasteiger partial charge in [0, 0.05) is 11.6 Å². The summed E-state index contributed by atoms with van der Waals surface area (Å²) in [6, 6.07) is 15.1. The van der Waals surface area contributed by atoms with Gasteiger partial charge in [0.25, 0.3) is 0 Å². The lowest BCUT2D eigenvalue weighted by atomic mass is 10.2. The number of benzene rings is 2. The Hall–Kier alpha value is -3.50. The summed E-state index contributed by atoms with van der Waals surface area (Å²) in [6.07, 6.45) is 0. The van der Waals surface area contributed by atoms with Crippen LogP contribution in [0.15, 0.2) is 59.6 Å². The summed E-state index contributed by atoms with van der Waals surface area (Å²) in [7, 11) is 3.10. The number of aromatic nitrogens is 3. The molecule has 1 amide bonds. The van der Waals surface area contributed by atoms with Gasteiger partial charge in [-0.3, -0.25) is 4.79 Å². The molecule has 7 nitrogen and oxygen atoms in total. The molecule has 34 heavy (non-hydrogen) atoms. The van der Waals surface area contributed by atoms with Crippen LogP contribution in [0.1, 0.15) is 5.69 Å². The van der Waals surface area contributed by atoms with Crippen molar-refractivity contribution in [3.63, 3.8) is 0 Å². The molecule has 0 saturated carbocycles. The van der Waals surface area contributed by atoms with E-state index in [2.05, 4.69) is 20.5 Å². The van der Waals surface area contributed by atoms with Crippen LogP contribution in [-0.4, -0.2) is 41.1 Å². The maximum atomic E-state index is 13.2. The van der Waals surface area contributed by atoms with Crippen LogP contribution in [0.4, 0.5) is 10.1 Å². The number of hydrogen-bond donors (Lipinski definition) is 1. The number of nitrogens with one attached hydrogen (secondary N) is 1. The number of anilines is 1. The molecule has 10 heteroatoms. The third-order valence-corrected chi connectivity index (χ3v) is 6.94. The van der Waals surface area contributed by atoms with Gasteiger partial charge in [0.1, 0.15) is 33.0 Å². The van der Waals surface area contributed by atoms with Crippen LogP contribution in [0, 0.1) is 12.7 Å². The minimum Gasteiger partial charge on any atom is -0.497 e. The Morgan fingerprint density at radius 1 is 1.06 bits per heavy atom. The number of ether oxygens (including phenoxy) is 2. The van der Waals surface area contributed by atoms with Crippen molar-refractivity contribution in [1.29, 1.82) is 0 Å². The zero-order chi connectivity index (χ0) is 24.1. The van der Waals surface area contributed by atoms with E-state index in [4.69, 9.17) is 9.47 Å². The summed E-state index contributed by atoms with van der Waals surface area (Å²) in [5.74, 6) is 0.842. The highest BCUT2D eigenvalue weighted by Gasteiger charge is 2.14. The first kappa shape index (κ1) is 23.7. The molecule has 0 spiro atoms. The molecule has 0 radical (unpaired) electrons. The maximum absolute atomic E-state index is 13.2. The van der Waals surface area contributed by atoms with E-state index in [1.807, 2.05) is 19.1 Å². The summed E-state index contributed by atoms with van der Waals surface area (Å²) >= 11 is 2.76. The molecule has 4 aromatic rings. The molecule has 0 atom stereocenters. The molecule has 0 aliphatic rings. The number of rotatable bonds is 8. The van der Waals surface area contributed by atoms with Crippen LogP contribution in [-0.2, 0) is 4.79 Å². The number of carbonyl (C=O) groups excluding carboxylic acids is 1. The van der Waals surface area contributed by atoms with Crippen molar-refractivity contribution in [1.82, 2.24) is 15.2 Å². The lowest BCUT2D eigenvalue weighted by molar-refractivity contribution is -0.113. The van der Waals surface area contributed by atoms with Crippen LogP contribution in [0.5, 0.6) is 11.5 Å². The third-order valence-electron chi connectivity index (χ3n) is 4.79. The lowest BCUT2D eigenvalue weighted by Gasteiger charge is -2.11. The molecule has 174 valence electrons. The van der Waals surface area contributed by atoms with Crippen LogP contribution in [0.25, 0.3) is 21.1 Å². The van der Waals surface area contributed by atoms with E-state index in [1.165, 1.54) is 42.3 Å². The second-order valence-corrected chi connectivity index (χ2v) is 9.10. The molecule has 0 aliphatic carbocycles. The van der Waals surface area contributed by atoms with Crippen molar-refractivity contribution in [3.05, 3.63) is 66.1 Å². The average molecular weight is 497 g/mol. The molecule has 2 aromatic carbocycles. The van der Waals surface area contributed by atoms with E-state index < -0.39 is 0 Å². The fraction of sp³-hybridized carbons (Fsp3) is 0.167. The van der Waals surface area contributed by atoms with Gasteiger partial charge < -0.3 is 14.8 Å². The van der Waals surface area contributed by atoms with Gasteiger partial charge in [-0.2, -0.15) is 0 Å². The highest BCUT2D eigenvalue weighted by atomic mass is 32.2. The molecule has 0 aliphatic heterocycles. The van der Waals surface area contributed by atoms with Crippen LogP contribution in [0.3, 0.4) is 0 Å². The Balaban J connectivity index is 1.39. The fourth-order valence-corrected chi connectivity index (χ4v) is 4.75. The van der Waals surface area contributed by atoms with Crippen molar-refractivity contribution in [2.75, 3.05) is 25.3 Å². The Bertz CT molecular complexity index is 1290. The van der Waals surface area contributed by atoms with E-state index in [0.717, 1.165) is 21.1 Å². The molecule has 2 heterocycles. The zero-order valence-corrected chi connectivity index (χ0v) is 20.3. The van der Waals surface area contributed by atoms with Gasteiger partial charge in [-0.05, 0) is 55.5 Å². The predicted molar refractivity (Wildman–Crippen MR) is 132 cm³/mol. The van der Waals surface area contributed by atoms with E-state index in [0.29, 0.717) is 27.9 Å². The normalized spacial score (nSPS) is 10.7. The number of nitrogens with zero attached hydrogens (tertiary/aromatic N) is 3. The standard InChI is InChI=1S/C24H21FN4O3S2/c1-14-23(34-24(26-14)15-4-6-16(25)7-5-15)19-10-11-22(29-28-19)33-13-21(30)27-18-9-8-17(31-2)12-20(18)32-3/h4-12H,13H2,1-3H3,(H,27,30). The molecule has 0 saturated heterocycles. The average Bonchev–Trinajstić information content (AvgIpc) is 3.25. The topological polar surface area (TPSA) is 86.2 Å². The van der Waals surface area contributed by atoms with E-state index in [1.54, 1.807) is 37.4 Å². The molecular formula is C24H21FN4O3S2. The van der Waals surface area contributed by atoms with Crippen molar-refractivity contribution < 1.29 is 18.7 Å². The van der Waals surface area contributed by atoms with E-state index >= 15 is 0 Å². The highest BCUT2D eigenvalue weighted by molar-refractivity contribution is 7.99. The van der Waals surface area contributed by atoms with E-state index in [-0.39, 0.29) is 17.5 Å². The van der Waals surface area contributed by atoms with Crippen molar-refractivity contribution in [3.8, 4) is 32.6 Å². The van der Waals surface area contributed by atoms with Crippen LogP contribution >= 0.6 is 23.1 Å². The number of halogens is 1. The number of methoxy groups -OCH3 is 2. The zero-order valence-electron chi connectivity index (χ0n) is 18.7. The summed E-state index contributed by atoms with van der Waals surface area (Å²) in [6.45, 7) is 1.90. The number of hydrogen-bond acceptors (Lipinski definition) is 8. The van der Waals surface area contributed by atoms with Crippen LogP contribution in [0.2, 0.25) is 0 Å². The Kier molecular flexibility index (Phi) is 7.39. The minimum absolute atomic E-state index is 0.164. The summed E-state index contributed by atoms with van der Waals surface area (Å²) in [5.41, 5.74) is 2.93. The molecule has 0 fully saturated rings. The number of aryl methyl sites for hydroxylation is 1. The molecule has 0 bridgehead atoms. The molecule has 0 unspecified atom stereocenters. The minimum atomic E-state index is -0.284. The number of thiazole rings is 1. The summed E-state index contributed by atoms with van der Waals surface area (Å²) in [5, 5.41) is 12.8. The fourth-order valence-electron chi connectivity index (χ4n) is 3.10. The molecular weight excluding hydrogens is 475 g/mol. The third kappa shape index (κ3) is 5.52. The quantitative estimate of drug-likeness (QED) is 0.324. The largest absolute Gasteiger partial charge is 0.497 e. The Labute approximate surface area is 204 Å². The molecule has 2 aromatic heterocycles. The SMILES string of the molecule is COc1ccc(NC(=O)CSc2ccc(-c3sc(-c4ccc(F)cc4)nc3C)nn2)c(OC)c1. The monoisotopic (exact) mass is 496 g/mol. The van der Waals surface area contributed by atoms with Crippen molar-refractivity contribution in [2.24, 2.45) is 0 Å². The lowest BCUT2D eigenvalue weighted by Crippen LogP contribution is -2.14. The van der Waals surface area contributed by atoms with Gasteiger partial charge in [-0.15, -0.1) is 21.5 Å². The second kappa shape index (κ2) is 10.6. The van der Waals surface area contributed by atoms with E-state index in [9.17, 15) is 9.18 Å². The van der Waals surface area contributed by atoms with Gasteiger partial charge >= 0.3 is 0 Å². The summed E-state index contributed by atoms with van der Waals surface area (Å²) < 4.78 is 23.7. The first-order valence-electron chi connectivity index (χ1n) is 10.2. The van der Waals surface area contributed by atoms with Gasteiger partial charge in [-0.25, -0.2) is 9.37 Å². The Morgan fingerprint density at radius 2 is 1.85 bits per heavy atom. The number of thioether (sulfide) groups is 1. The highest BCUT2D eigenvalue weighted by Crippen LogP contribution is 2.34. The van der Waals surface area contributed by atoms with Gasteiger partial charge in [0.2, 0.25) is 5.91 Å². The first-order chi connectivity index (χ1) is 16.5.